The van der Waals surface area contributed by atoms with Crippen molar-refractivity contribution in [1.82, 2.24) is 5.32 Å². The summed E-state index contributed by atoms with van der Waals surface area (Å²) in [7, 11) is -4.34. The summed E-state index contributed by atoms with van der Waals surface area (Å²) in [5, 5.41) is 13.1. The summed E-state index contributed by atoms with van der Waals surface area (Å²) in [5.41, 5.74) is 0. The van der Waals surface area contributed by atoms with Crippen LogP contribution in [0, 0.1) is 0 Å². The number of rotatable bonds is 27. The van der Waals surface area contributed by atoms with Gasteiger partial charge in [0.15, 0.2) is 0 Å². The third-order valence-corrected chi connectivity index (χ3v) is 7.66. The molecule has 7 heteroatoms. The topological polar surface area (TPSA) is 104 Å². The molecule has 0 aliphatic carbocycles. The summed E-state index contributed by atoms with van der Waals surface area (Å²) in [6.45, 7) is 4.45. The van der Waals surface area contributed by atoms with E-state index < -0.39 is 28.0 Å². The number of nitrogens with one attached hydrogen (secondary N) is 1. The van der Waals surface area contributed by atoms with Gasteiger partial charge in [-0.3, -0.25) is 9.35 Å². The van der Waals surface area contributed by atoms with Gasteiger partial charge in [0.25, 0.3) is 10.1 Å². The molecule has 0 aliphatic heterocycles. The highest BCUT2D eigenvalue weighted by atomic mass is 32.2. The molecule has 0 rings (SSSR count). The first-order valence-electron chi connectivity index (χ1n) is 15.5. The van der Waals surface area contributed by atoms with E-state index in [2.05, 4.69) is 31.3 Å². The standard InChI is InChI=1S/C31H59NO5S/c1-3-5-7-9-11-13-15-17-18-20-22-24-26-30(33)29(28-38(35,36)37)32-31(34)27-25-23-21-19-16-14-12-10-8-6-4-2/h17-18,24,26,29-30,33H,3-16,19-23,25,27-28H2,1-2H3,(H,32,34)(H,35,36,37)/b18-17+,26-24+. The molecule has 1 amide bonds. The molecular weight excluding hydrogens is 498 g/mol. The molecule has 0 bridgehead atoms. The van der Waals surface area contributed by atoms with Crippen LogP contribution in [-0.2, 0) is 14.9 Å². The van der Waals surface area contributed by atoms with Crippen LogP contribution < -0.4 is 5.32 Å². The molecule has 38 heavy (non-hydrogen) atoms. The van der Waals surface area contributed by atoms with Gasteiger partial charge in [-0.25, -0.2) is 0 Å². The molecule has 0 aromatic carbocycles. The second kappa shape index (κ2) is 26.1. The van der Waals surface area contributed by atoms with Crippen LogP contribution in [0.5, 0.6) is 0 Å². The average Bonchev–Trinajstić information content (AvgIpc) is 2.86. The zero-order chi connectivity index (χ0) is 28.3. The molecule has 3 N–H and O–H groups in total. The zero-order valence-electron chi connectivity index (χ0n) is 24.5. The number of hydrogen-bond acceptors (Lipinski definition) is 4. The van der Waals surface area contributed by atoms with Gasteiger partial charge in [-0.15, -0.1) is 0 Å². The SMILES string of the molecule is CCCCCCCC/C=C/CC/C=C/C(O)C(CS(=O)(=O)O)NC(=O)CCCCCCCCCCCCC. The fraction of sp³-hybridized carbons (Fsp3) is 0.839. The minimum atomic E-state index is -4.34. The Hall–Kier alpha value is -1.18. The minimum Gasteiger partial charge on any atom is -0.387 e. The largest absolute Gasteiger partial charge is 0.387 e. The second-order valence-corrected chi connectivity index (χ2v) is 12.2. The molecule has 224 valence electrons. The van der Waals surface area contributed by atoms with E-state index in [4.69, 9.17) is 0 Å². The lowest BCUT2D eigenvalue weighted by atomic mass is 10.0. The Morgan fingerprint density at radius 3 is 1.66 bits per heavy atom. The lowest BCUT2D eigenvalue weighted by Crippen LogP contribution is -2.46. The normalized spacial score (nSPS) is 13.9. The maximum absolute atomic E-state index is 12.3. The summed E-state index contributed by atoms with van der Waals surface area (Å²) < 4.78 is 32.1. The van der Waals surface area contributed by atoms with E-state index in [9.17, 15) is 22.9 Å². The predicted octanol–water partition coefficient (Wildman–Crippen LogP) is 8.06. The molecule has 2 unspecified atom stereocenters. The van der Waals surface area contributed by atoms with E-state index >= 15 is 0 Å². The monoisotopic (exact) mass is 557 g/mol. The van der Waals surface area contributed by atoms with Crippen molar-refractivity contribution in [3.05, 3.63) is 24.3 Å². The minimum absolute atomic E-state index is 0.291. The molecule has 0 radical (unpaired) electrons. The molecular formula is C31H59NO5S. The zero-order valence-corrected chi connectivity index (χ0v) is 25.4. The van der Waals surface area contributed by atoms with Gasteiger partial charge < -0.3 is 10.4 Å². The predicted molar refractivity (Wildman–Crippen MR) is 161 cm³/mol. The molecule has 0 heterocycles. The molecule has 0 aromatic heterocycles. The van der Waals surface area contributed by atoms with Crippen LogP contribution >= 0.6 is 0 Å². The van der Waals surface area contributed by atoms with E-state index in [0.717, 1.165) is 38.5 Å². The summed E-state index contributed by atoms with van der Waals surface area (Å²) in [6.07, 6.45) is 30.2. The molecule has 2 atom stereocenters. The Kier molecular flexibility index (Phi) is 25.3. The first-order chi connectivity index (χ1) is 18.3. The highest BCUT2D eigenvalue weighted by molar-refractivity contribution is 7.85. The van der Waals surface area contributed by atoms with Crippen molar-refractivity contribution in [3.63, 3.8) is 0 Å². The van der Waals surface area contributed by atoms with Crippen LogP contribution in [0.1, 0.15) is 149 Å². The van der Waals surface area contributed by atoms with Crippen molar-refractivity contribution in [1.29, 1.82) is 0 Å². The number of carbonyl (C=O) groups is 1. The van der Waals surface area contributed by atoms with Crippen LogP contribution in [0.4, 0.5) is 0 Å². The summed E-state index contributed by atoms with van der Waals surface area (Å²) in [6, 6.07) is -1.07. The quantitative estimate of drug-likeness (QED) is 0.0538. The Bertz CT molecular complexity index is 705. The smallest absolute Gasteiger partial charge is 0.267 e. The molecule has 0 fully saturated rings. The number of aliphatic hydroxyl groups is 1. The summed E-state index contributed by atoms with van der Waals surface area (Å²) in [5.74, 6) is -1.000. The van der Waals surface area contributed by atoms with Crippen molar-refractivity contribution >= 4 is 16.0 Å². The number of hydrogen-bond donors (Lipinski definition) is 3. The van der Waals surface area contributed by atoms with Crippen molar-refractivity contribution in [2.75, 3.05) is 5.75 Å². The maximum atomic E-state index is 12.3. The van der Waals surface area contributed by atoms with E-state index in [0.29, 0.717) is 6.42 Å². The summed E-state index contributed by atoms with van der Waals surface area (Å²) in [4.78, 5) is 12.3. The van der Waals surface area contributed by atoms with Gasteiger partial charge in [0, 0.05) is 6.42 Å². The fourth-order valence-corrected chi connectivity index (χ4v) is 5.26. The van der Waals surface area contributed by atoms with Crippen LogP contribution in [0.2, 0.25) is 0 Å². The number of unbranched alkanes of at least 4 members (excludes halogenated alkanes) is 17. The van der Waals surface area contributed by atoms with E-state index in [1.807, 2.05) is 0 Å². The fourth-order valence-electron chi connectivity index (χ4n) is 4.52. The number of carbonyl (C=O) groups excluding carboxylic acids is 1. The van der Waals surface area contributed by atoms with Gasteiger partial charge in [-0.2, -0.15) is 8.42 Å². The van der Waals surface area contributed by atoms with Crippen molar-refractivity contribution < 1.29 is 22.9 Å². The molecule has 0 saturated carbocycles. The van der Waals surface area contributed by atoms with Crippen molar-refractivity contribution in [2.24, 2.45) is 0 Å². The molecule has 6 nitrogen and oxygen atoms in total. The third kappa shape index (κ3) is 26.4. The van der Waals surface area contributed by atoms with Crippen LogP contribution in [0.25, 0.3) is 0 Å². The maximum Gasteiger partial charge on any atom is 0.267 e. The molecule has 0 spiro atoms. The van der Waals surface area contributed by atoms with Crippen LogP contribution in [0.3, 0.4) is 0 Å². The number of aliphatic hydroxyl groups excluding tert-OH is 1. The highest BCUT2D eigenvalue weighted by Gasteiger charge is 2.24. The third-order valence-electron chi connectivity index (χ3n) is 6.88. The first kappa shape index (κ1) is 36.8. The lowest BCUT2D eigenvalue weighted by Gasteiger charge is -2.21. The first-order valence-corrected chi connectivity index (χ1v) is 17.1. The van der Waals surface area contributed by atoms with Gasteiger partial charge >= 0.3 is 0 Å². The second-order valence-electron chi connectivity index (χ2n) is 10.7. The number of amides is 1. The van der Waals surface area contributed by atoms with Crippen LogP contribution in [0.15, 0.2) is 24.3 Å². The Balaban J connectivity index is 4.15. The van der Waals surface area contributed by atoms with Crippen LogP contribution in [-0.4, -0.2) is 41.9 Å². The average molecular weight is 558 g/mol. The molecule has 0 saturated heterocycles. The summed E-state index contributed by atoms with van der Waals surface area (Å²) >= 11 is 0. The van der Waals surface area contributed by atoms with Gasteiger partial charge in [-0.1, -0.05) is 134 Å². The van der Waals surface area contributed by atoms with Gasteiger partial charge in [0.1, 0.15) is 0 Å². The number of allylic oxidation sites excluding steroid dienone is 3. The van der Waals surface area contributed by atoms with E-state index in [1.54, 1.807) is 6.08 Å². The molecule has 0 aliphatic rings. The molecule has 0 aromatic rings. The Labute approximate surface area is 234 Å². The Morgan fingerprint density at radius 1 is 0.684 bits per heavy atom. The van der Waals surface area contributed by atoms with E-state index in [1.165, 1.54) is 96.0 Å². The lowest BCUT2D eigenvalue weighted by molar-refractivity contribution is -0.122. The van der Waals surface area contributed by atoms with Gasteiger partial charge in [0.05, 0.1) is 17.9 Å². The Morgan fingerprint density at radius 2 is 1.13 bits per heavy atom. The van der Waals surface area contributed by atoms with E-state index in [-0.39, 0.29) is 5.91 Å². The van der Waals surface area contributed by atoms with Crippen molar-refractivity contribution in [3.8, 4) is 0 Å². The van der Waals surface area contributed by atoms with Gasteiger partial charge in [-0.05, 0) is 32.1 Å². The van der Waals surface area contributed by atoms with Crippen molar-refractivity contribution in [2.45, 2.75) is 161 Å². The highest BCUT2D eigenvalue weighted by Crippen LogP contribution is 2.12. The van der Waals surface area contributed by atoms with Gasteiger partial charge in [0.2, 0.25) is 5.91 Å².